The van der Waals surface area contributed by atoms with Crippen LogP contribution in [0.3, 0.4) is 0 Å². The molecule has 0 aliphatic carbocycles. The zero-order valence-electron chi connectivity index (χ0n) is 25.9. The number of benzene rings is 2. The molecular formula is C31H30N6O7S4. The molecular weight excluding hydrogens is 697 g/mol. The molecule has 8 saturated heterocycles. The van der Waals surface area contributed by atoms with Crippen LogP contribution in [-0.4, -0.2) is 123 Å². The predicted octanol–water partition coefficient (Wildman–Crippen LogP) is 0.692. The molecule has 10 aliphatic heterocycles. The fourth-order valence-electron chi connectivity index (χ4n) is 10.2. The molecule has 0 saturated carbocycles. The first-order valence-electron chi connectivity index (χ1n) is 15.5. The number of amides is 4. The largest absolute Gasteiger partial charge is 0.389 e. The second-order valence-electron chi connectivity index (χ2n) is 13.9. The van der Waals surface area contributed by atoms with Gasteiger partial charge in [0.15, 0.2) is 4.87 Å². The van der Waals surface area contributed by atoms with Crippen molar-refractivity contribution in [3.8, 4) is 0 Å². The van der Waals surface area contributed by atoms with Crippen molar-refractivity contribution in [1.82, 2.24) is 19.6 Å². The molecule has 2 aromatic rings. The number of carbonyl (C=O) groups is 4. The van der Waals surface area contributed by atoms with E-state index >= 15 is 0 Å². The van der Waals surface area contributed by atoms with E-state index in [0.717, 1.165) is 32.4 Å². The average molecular weight is 727 g/mol. The van der Waals surface area contributed by atoms with E-state index in [1.54, 1.807) is 26.1 Å². The van der Waals surface area contributed by atoms with Crippen LogP contribution < -0.4 is 10.6 Å². The Hall–Kier alpha value is -2.80. The highest BCUT2D eigenvalue weighted by Crippen LogP contribution is 2.78. The molecule has 0 aromatic heterocycles. The van der Waals surface area contributed by atoms with E-state index in [9.17, 15) is 34.5 Å². The number of likely N-dealkylation sites (N-methyl/N-ethyl adjacent to an activating group) is 2. The van der Waals surface area contributed by atoms with Crippen LogP contribution in [0, 0.1) is 0 Å². The smallest absolute Gasteiger partial charge is 0.266 e. The maximum atomic E-state index is 14.9. The molecule has 2 aromatic carbocycles. The van der Waals surface area contributed by atoms with Crippen molar-refractivity contribution in [3.05, 3.63) is 59.7 Å². The molecule has 8 fully saturated rings. The number of carbonyl (C=O) groups excluding carboxylic acids is 4. The maximum Gasteiger partial charge on any atom is 0.266 e. The van der Waals surface area contributed by atoms with Crippen molar-refractivity contribution < 1.29 is 34.5 Å². The fourth-order valence-corrected chi connectivity index (χ4v) is 17.7. The molecule has 3 unspecified atom stereocenters. The average Bonchev–Trinajstić information content (AvgIpc) is 3.72. The van der Waals surface area contributed by atoms with Gasteiger partial charge in [-0.25, -0.2) is 0 Å². The predicted molar refractivity (Wildman–Crippen MR) is 181 cm³/mol. The van der Waals surface area contributed by atoms with Gasteiger partial charge in [-0.15, -0.1) is 0 Å². The Morgan fingerprint density at radius 2 is 1.15 bits per heavy atom. The summed E-state index contributed by atoms with van der Waals surface area (Å²) < 4.78 is 0. The van der Waals surface area contributed by atoms with Gasteiger partial charge in [-0.3, -0.25) is 29.0 Å². The van der Waals surface area contributed by atoms with Gasteiger partial charge in [0, 0.05) is 25.5 Å². The normalized spacial score (nSPS) is 46.2. The van der Waals surface area contributed by atoms with E-state index in [4.69, 9.17) is 0 Å². The van der Waals surface area contributed by atoms with Crippen molar-refractivity contribution in [2.24, 2.45) is 0 Å². The first-order chi connectivity index (χ1) is 22.8. The number of anilines is 2. The van der Waals surface area contributed by atoms with Gasteiger partial charge in [0.1, 0.15) is 24.5 Å². The van der Waals surface area contributed by atoms with Crippen molar-refractivity contribution in [3.63, 3.8) is 0 Å². The summed E-state index contributed by atoms with van der Waals surface area (Å²) in [6, 6.07) is 14.5. The van der Waals surface area contributed by atoms with Gasteiger partial charge in [-0.05, 0) is 69.5 Å². The molecule has 10 aliphatic rings. The fraction of sp³-hybridized carbons (Fsp3) is 0.484. The van der Waals surface area contributed by atoms with Crippen molar-refractivity contribution in [1.29, 1.82) is 0 Å². The first kappa shape index (κ1) is 30.1. The van der Waals surface area contributed by atoms with Gasteiger partial charge in [-0.2, -0.15) is 0 Å². The maximum absolute atomic E-state index is 14.9. The van der Waals surface area contributed by atoms with Crippen molar-refractivity contribution in [2.45, 2.75) is 74.8 Å². The summed E-state index contributed by atoms with van der Waals surface area (Å²) in [4.78, 5) is 57.8. The highest BCUT2D eigenvalue weighted by atomic mass is 33.1. The van der Waals surface area contributed by atoms with Crippen LogP contribution in [-0.2, 0) is 30.0 Å². The Bertz CT molecular complexity index is 1950. The minimum Gasteiger partial charge on any atom is -0.389 e. The summed E-state index contributed by atoms with van der Waals surface area (Å²) in [7, 11) is 7.46. The number of rotatable bonds is 2. The topological polar surface area (TPSA) is 166 Å². The minimum absolute atomic E-state index is 0.374. The highest BCUT2D eigenvalue weighted by molar-refractivity contribution is 8.78. The number of fused-ring (bicyclic) bond motifs is 11. The monoisotopic (exact) mass is 726 g/mol. The Kier molecular flexibility index (Phi) is 5.36. The van der Waals surface area contributed by atoms with E-state index in [-0.39, 0.29) is 5.91 Å². The molecule has 10 heterocycles. The van der Waals surface area contributed by atoms with Crippen LogP contribution in [0.4, 0.5) is 11.4 Å². The summed E-state index contributed by atoms with van der Waals surface area (Å²) in [5.74, 6) is -1.94. The molecule has 2 spiro atoms. The summed E-state index contributed by atoms with van der Waals surface area (Å²) in [5, 5.41) is 44.8. The number of aliphatic hydroxyl groups is 3. The Labute approximate surface area is 290 Å². The Balaban J connectivity index is 1.34. The molecule has 17 heteroatoms. The molecule has 48 heavy (non-hydrogen) atoms. The molecule has 250 valence electrons. The summed E-state index contributed by atoms with van der Waals surface area (Å²) in [6.07, 6.45) is -6.80. The van der Waals surface area contributed by atoms with Crippen LogP contribution in [0.5, 0.6) is 0 Å². The second kappa shape index (κ2) is 8.55. The van der Waals surface area contributed by atoms with Gasteiger partial charge >= 0.3 is 0 Å². The summed E-state index contributed by atoms with van der Waals surface area (Å²) in [6.45, 7) is 3.16. The minimum atomic E-state index is -1.88. The number of hydrogen-bond acceptors (Lipinski definition) is 13. The van der Waals surface area contributed by atoms with Crippen LogP contribution in [0.1, 0.15) is 25.0 Å². The molecule has 13 nitrogen and oxygen atoms in total. The number of hydrogen-bond donors (Lipinski definition) is 5. The van der Waals surface area contributed by atoms with E-state index in [0.29, 0.717) is 22.5 Å². The Morgan fingerprint density at radius 3 is 1.67 bits per heavy atom. The van der Waals surface area contributed by atoms with Crippen LogP contribution in [0.2, 0.25) is 0 Å². The van der Waals surface area contributed by atoms with Crippen LogP contribution in [0.15, 0.2) is 48.5 Å². The van der Waals surface area contributed by atoms with Gasteiger partial charge < -0.3 is 35.8 Å². The van der Waals surface area contributed by atoms with Crippen molar-refractivity contribution in [2.75, 3.05) is 24.7 Å². The lowest BCUT2D eigenvalue weighted by Gasteiger charge is -2.59. The lowest BCUT2D eigenvalue weighted by Crippen LogP contribution is -2.80. The van der Waals surface area contributed by atoms with Crippen molar-refractivity contribution >= 4 is 78.2 Å². The third-order valence-corrected chi connectivity index (χ3v) is 19.8. The number of nitrogens with zero attached hydrogens (tertiary/aromatic N) is 4. The molecule has 12 rings (SSSR count). The quantitative estimate of drug-likeness (QED) is 0.275. The lowest BCUT2D eigenvalue weighted by molar-refractivity contribution is -0.172. The zero-order valence-corrected chi connectivity index (χ0v) is 29.2. The van der Waals surface area contributed by atoms with Crippen LogP contribution >= 0.6 is 43.2 Å². The third kappa shape index (κ3) is 2.48. The lowest BCUT2D eigenvalue weighted by atomic mass is 9.52. The van der Waals surface area contributed by atoms with Gasteiger partial charge in [0.2, 0.25) is 14.6 Å². The Morgan fingerprint density at radius 1 is 0.688 bits per heavy atom. The summed E-state index contributed by atoms with van der Waals surface area (Å²) in [5.41, 5.74) is -1.15. The zero-order chi connectivity index (χ0) is 33.7. The number of aliphatic hydroxyl groups excluding tert-OH is 3. The SMILES string of the molecule is CC(O)[C@]12SS[C@]3(C(=O)N1C)[C@@H](O)C1(C45c6ccccc6N[C@@H]4N4C(=O)[C@@]6(C)SS[C@]4(C(=O)N6C)[C@H]5O)c4ccccc4N[C@@H]1N3C2=O. The highest BCUT2D eigenvalue weighted by Gasteiger charge is 2.93. The van der Waals surface area contributed by atoms with Crippen LogP contribution in [0.25, 0.3) is 0 Å². The van der Waals surface area contributed by atoms with E-state index < -0.39 is 78.7 Å². The molecule has 4 bridgehead atoms. The second-order valence-corrected chi connectivity index (χ2v) is 19.2. The molecule has 0 radical (unpaired) electrons. The number of piperazine rings is 2. The van der Waals surface area contributed by atoms with E-state index in [1.807, 2.05) is 36.4 Å². The van der Waals surface area contributed by atoms with E-state index in [2.05, 4.69) is 10.6 Å². The van der Waals surface area contributed by atoms with Gasteiger partial charge in [0.05, 0.1) is 16.9 Å². The molecule has 11 atom stereocenters. The summed E-state index contributed by atoms with van der Waals surface area (Å²) >= 11 is 0. The standard InChI is InChI=1S/C31H30N6O7S4/c1-13(38)29-25(44)37-21-28(15-10-6-8-12-17(15)33-21,19(40)31(37,48-46-29)24(43)35(29)4)27-14-9-5-7-11-16(14)32-20(27)36-22(41)26(2)34(3)23(42)30(36,18(27)39)47-45-26/h5-13,18-21,32-33,38-40H,1-4H3/t13?,18-,19-,20+,21+,26+,27?,28?,29+,30-,31-/m0/s1. The van der Waals surface area contributed by atoms with Gasteiger partial charge in [0.25, 0.3) is 23.6 Å². The molecule has 4 amide bonds. The third-order valence-electron chi connectivity index (χ3n) is 12.4. The molecule has 5 N–H and O–H groups in total. The number of nitrogens with one attached hydrogen (secondary N) is 2. The number of para-hydroxylation sites is 2. The van der Waals surface area contributed by atoms with E-state index in [1.165, 1.54) is 44.4 Å². The van der Waals surface area contributed by atoms with Gasteiger partial charge in [-0.1, -0.05) is 47.2 Å². The first-order valence-corrected chi connectivity index (χ1v) is 19.8.